The van der Waals surface area contributed by atoms with Gasteiger partial charge in [-0.25, -0.2) is 0 Å². The fourth-order valence-electron chi connectivity index (χ4n) is 1.59. The van der Waals surface area contributed by atoms with Crippen LogP contribution in [0.1, 0.15) is 26.7 Å². The van der Waals surface area contributed by atoms with Gasteiger partial charge in [-0.3, -0.25) is 4.21 Å². The Hall–Kier alpha value is -0.830. The van der Waals surface area contributed by atoms with Crippen molar-refractivity contribution < 1.29 is 4.21 Å². The Bertz CT molecular complexity index is 338. The van der Waals surface area contributed by atoms with Crippen LogP contribution in [-0.4, -0.2) is 9.96 Å². The quantitative estimate of drug-likeness (QED) is 0.783. The van der Waals surface area contributed by atoms with Crippen molar-refractivity contribution in [2.75, 3.05) is 11.5 Å². The van der Waals surface area contributed by atoms with Crippen LogP contribution in [0.2, 0.25) is 0 Å². The van der Waals surface area contributed by atoms with Crippen molar-refractivity contribution in [2.45, 2.75) is 31.6 Å². The second-order valence-corrected chi connectivity index (χ2v) is 5.47. The van der Waals surface area contributed by atoms with Crippen LogP contribution in [0.4, 0.5) is 5.69 Å². The Morgan fingerprint density at radius 2 is 2.20 bits per heavy atom. The maximum atomic E-state index is 11.9. The molecular weight excluding hydrogens is 206 g/mol. The predicted octanol–water partition coefficient (Wildman–Crippen LogP) is 2.81. The van der Waals surface area contributed by atoms with Crippen molar-refractivity contribution in [1.29, 1.82) is 0 Å². The first-order valence-corrected chi connectivity index (χ1v) is 6.69. The molecule has 1 rings (SSSR count). The summed E-state index contributed by atoms with van der Waals surface area (Å²) in [5.41, 5.74) is 6.34. The van der Waals surface area contributed by atoms with Gasteiger partial charge in [-0.2, -0.15) is 0 Å². The molecule has 1 aromatic rings. The van der Waals surface area contributed by atoms with E-state index in [-0.39, 0.29) is 0 Å². The summed E-state index contributed by atoms with van der Waals surface area (Å²) in [6.07, 6.45) is 2.28. The van der Waals surface area contributed by atoms with Crippen molar-refractivity contribution in [3.63, 3.8) is 0 Å². The molecule has 2 atom stereocenters. The zero-order valence-electron chi connectivity index (χ0n) is 9.40. The lowest BCUT2D eigenvalue weighted by molar-refractivity contribution is 0.574. The van der Waals surface area contributed by atoms with Crippen LogP contribution in [0.15, 0.2) is 29.2 Å². The van der Waals surface area contributed by atoms with E-state index < -0.39 is 10.8 Å². The molecule has 0 aromatic heterocycles. The van der Waals surface area contributed by atoms with Crippen LogP contribution in [0.3, 0.4) is 0 Å². The van der Waals surface area contributed by atoms with Gasteiger partial charge in [-0.1, -0.05) is 32.8 Å². The lowest BCUT2D eigenvalue weighted by atomic mass is 10.1. The van der Waals surface area contributed by atoms with E-state index in [2.05, 4.69) is 13.8 Å². The van der Waals surface area contributed by atoms with Gasteiger partial charge in [0.25, 0.3) is 0 Å². The summed E-state index contributed by atoms with van der Waals surface area (Å²) in [5, 5.41) is 0. The van der Waals surface area contributed by atoms with Gasteiger partial charge < -0.3 is 5.73 Å². The van der Waals surface area contributed by atoms with Gasteiger partial charge >= 0.3 is 0 Å². The van der Waals surface area contributed by atoms with Crippen molar-refractivity contribution >= 4 is 16.5 Å². The summed E-state index contributed by atoms with van der Waals surface area (Å²) in [4.78, 5) is 0.845. The first-order valence-electron chi connectivity index (χ1n) is 5.37. The lowest BCUT2D eigenvalue weighted by Crippen LogP contribution is -2.08. The van der Waals surface area contributed by atoms with E-state index in [1.807, 2.05) is 18.2 Å². The minimum Gasteiger partial charge on any atom is -0.399 e. The highest BCUT2D eigenvalue weighted by atomic mass is 32.2. The topological polar surface area (TPSA) is 43.1 Å². The molecule has 1 aromatic carbocycles. The molecule has 0 aliphatic heterocycles. The van der Waals surface area contributed by atoms with Gasteiger partial charge in [0.1, 0.15) is 0 Å². The van der Waals surface area contributed by atoms with E-state index in [9.17, 15) is 4.21 Å². The third-order valence-corrected chi connectivity index (χ3v) is 3.99. The van der Waals surface area contributed by atoms with Crippen LogP contribution in [0, 0.1) is 5.92 Å². The third-order valence-electron chi connectivity index (χ3n) is 2.34. The average molecular weight is 225 g/mol. The smallest absolute Gasteiger partial charge is 0.0532 e. The van der Waals surface area contributed by atoms with Gasteiger partial charge in [-0.15, -0.1) is 0 Å². The molecule has 0 aliphatic rings. The number of nitrogen functional groups attached to an aromatic ring is 1. The zero-order chi connectivity index (χ0) is 11.3. The molecule has 0 fully saturated rings. The molecule has 0 saturated carbocycles. The van der Waals surface area contributed by atoms with Gasteiger partial charge in [0.05, 0.1) is 10.8 Å². The van der Waals surface area contributed by atoms with Crippen LogP contribution >= 0.6 is 0 Å². The molecule has 0 radical (unpaired) electrons. The molecule has 3 heteroatoms. The molecule has 0 bridgehead atoms. The van der Waals surface area contributed by atoms with E-state index in [1.165, 1.54) is 0 Å². The summed E-state index contributed by atoms with van der Waals surface area (Å²) >= 11 is 0. The van der Waals surface area contributed by atoms with Gasteiger partial charge in [0, 0.05) is 16.3 Å². The summed E-state index contributed by atoms with van der Waals surface area (Å²) in [5.74, 6) is 1.24. The number of anilines is 1. The first kappa shape index (κ1) is 12.2. The average Bonchev–Trinajstić information content (AvgIpc) is 2.18. The highest BCUT2D eigenvalue weighted by molar-refractivity contribution is 7.85. The Morgan fingerprint density at radius 1 is 1.47 bits per heavy atom. The lowest BCUT2D eigenvalue weighted by Gasteiger charge is -2.09. The van der Waals surface area contributed by atoms with Crippen LogP contribution in [-0.2, 0) is 10.8 Å². The number of hydrogen-bond acceptors (Lipinski definition) is 2. The van der Waals surface area contributed by atoms with Gasteiger partial charge in [0.15, 0.2) is 0 Å². The molecular formula is C12H19NOS. The number of rotatable bonds is 5. The summed E-state index contributed by atoms with van der Waals surface area (Å²) in [6.45, 7) is 4.30. The van der Waals surface area contributed by atoms with Crippen molar-refractivity contribution in [2.24, 2.45) is 5.92 Å². The van der Waals surface area contributed by atoms with Gasteiger partial charge in [0.2, 0.25) is 0 Å². The number of hydrogen-bond donors (Lipinski definition) is 1. The SMILES string of the molecule is CCCC(C)CS(=O)c1cccc(N)c1. The van der Waals surface area contributed by atoms with Crippen molar-refractivity contribution in [3.8, 4) is 0 Å². The van der Waals surface area contributed by atoms with E-state index >= 15 is 0 Å². The fraction of sp³-hybridized carbons (Fsp3) is 0.500. The van der Waals surface area contributed by atoms with Gasteiger partial charge in [-0.05, 0) is 24.1 Å². The normalized spacial score (nSPS) is 14.8. The molecule has 0 saturated heterocycles. The Kier molecular flexibility index (Phi) is 4.82. The first-order chi connectivity index (χ1) is 7.13. The van der Waals surface area contributed by atoms with Crippen LogP contribution in [0.25, 0.3) is 0 Å². The Balaban J connectivity index is 2.61. The largest absolute Gasteiger partial charge is 0.399 e. The minimum atomic E-state index is -0.905. The monoisotopic (exact) mass is 225 g/mol. The Morgan fingerprint density at radius 3 is 2.80 bits per heavy atom. The molecule has 84 valence electrons. The van der Waals surface area contributed by atoms with Crippen LogP contribution < -0.4 is 5.73 Å². The molecule has 0 aliphatic carbocycles. The standard InChI is InChI=1S/C12H19NOS/c1-3-5-10(2)9-15(14)12-7-4-6-11(13)8-12/h4,6-8,10H,3,5,9,13H2,1-2H3. The second kappa shape index (κ2) is 5.91. The molecule has 0 amide bonds. The van der Waals surface area contributed by atoms with E-state index in [4.69, 9.17) is 5.73 Å². The van der Waals surface area contributed by atoms with E-state index in [1.54, 1.807) is 6.07 Å². The molecule has 15 heavy (non-hydrogen) atoms. The second-order valence-electron chi connectivity index (χ2n) is 3.98. The summed E-state index contributed by atoms with van der Waals surface area (Å²) in [7, 11) is -0.905. The fourth-order valence-corrected chi connectivity index (χ4v) is 2.96. The van der Waals surface area contributed by atoms with E-state index in [0.29, 0.717) is 11.6 Å². The number of nitrogens with two attached hydrogens (primary N) is 1. The highest BCUT2D eigenvalue weighted by Gasteiger charge is 2.09. The number of benzene rings is 1. The summed E-state index contributed by atoms with van der Waals surface area (Å²) < 4.78 is 11.9. The molecule has 0 spiro atoms. The van der Waals surface area contributed by atoms with E-state index in [0.717, 1.165) is 23.5 Å². The van der Waals surface area contributed by atoms with Crippen molar-refractivity contribution in [3.05, 3.63) is 24.3 Å². The zero-order valence-corrected chi connectivity index (χ0v) is 10.2. The highest BCUT2D eigenvalue weighted by Crippen LogP contribution is 2.15. The third kappa shape index (κ3) is 4.04. The van der Waals surface area contributed by atoms with Crippen molar-refractivity contribution in [1.82, 2.24) is 0 Å². The molecule has 2 nitrogen and oxygen atoms in total. The molecule has 0 heterocycles. The maximum Gasteiger partial charge on any atom is 0.0532 e. The molecule has 2 N–H and O–H groups in total. The predicted molar refractivity (Wildman–Crippen MR) is 66.2 cm³/mol. The summed E-state index contributed by atoms with van der Waals surface area (Å²) in [6, 6.07) is 7.35. The molecule has 2 unspecified atom stereocenters. The minimum absolute atomic E-state index is 0.511. The maximum absolute atomic E-state index is 11.9. The Labute approximate surface area is 94.3 Å². The van der Waals surface area contributed by atoms with Crippen LogP contribution in [0.5, 0.6) is 0 Å².